The van der Waals surface area contributed by atoms with Gasteiger partial charge in [0.1, 0.15) is 0 Å². The van der Waals surface area contributed by atoms with Crippen molar-refractivity contribution in [3.8, 4) is 0 Å². The predicted molar refractivity (Wildman–Crippen MR) is 78.5 cm³/mol. The number of carbonyl (C=O) groups excluding carboxylic acids is 2. The first-order valence-corrected chi connectivity index (χ1v) is 7.36. The summed E-state index contributed by atoms with van der Waals surface area (Å²) in [7, 11) is 0. The fraction of sp³-hybridized carbons (Fsp3) is 0.267. The number of aryl methyl sites for hydroxylation is 2. The molecule has 0 saturated carbocycles. The Morgan fingerprint density at radius 3 is 3.00 bits per heavy atom. The number of alkyl halides is 1. The van der Waals surface area contributed by atoms with Gasteiger partial charge in [-0.25, -0.2) is 4.68 Å². The summed E-state index contributed by atoms with van der Waals surface area (Å²) in [6.45, 7) is 1.93. The lowest BCUT2D eigenvalue weighted by Crippen LogP contribution is -2.21. The molecule has 0 bridgehead atoms. The van der Waals surface area contributed by atoms with Gasteiger partial charge in [-0.1, -0.05) is 33.6 Å². The van der Waals surface area contributed by atoms with E-state index in [2.05, 4.69) is 21.0 Å². The molecule has 102 valence electrons. The summed E-state index contributed by atoms with van der Waals surface area (Å²) < 4.78 is 1.28. The van der Waals surface area contributed by atoms with Gasteiger partial charge in [0.2, 0.25) is 0 Å². The van der Waals surface area contributed by atoms with Gasteiger partial charge in [-0.15, -0.1) is 0 Å². The van der Waals surface area contributed by atoms with E-state index < -0.39 is 0 Å². The molecule has 1 heterocycles. The quantitative estimate of drug-likeness (QED) is 0.754. The third-order valence-electron chi connectivity index (χ3n) is 3.45. The second-order valence-electron chi connectivity index (χ2n) is 4.98. The Hall–Kier alpha value is -1.75. The molecule has 1 unspecified atom stereocenters. The minimum absolute atomic E-state index is 0.00884. The SMILES string of the molecule is Cc1cccc(C(=O)n2cc3c(n2)CCC(Br)C3=O)c1. The fourth-order valence-electron chi connectivity index (χ4n) is 2.38. The highest BCUT2D eigenvalue weighted by atomic mass is 79.9. The van der Waals surface area contributed by atoms with Gasteiger partial charge in [0.15, 0.2) is 5.78 Å². The highest BCUT2D eigenvalue weighted by Gasteiger charge is 2.29. The van der Waals surface area contributed by atoms with Crippen molar-refractivity contribution in [2.45, 2.75) is 24.6 Å². The molecule has 0 N–H and O–H groups in total. The number of hydrogen-bond donors (Lipinski definition) is 0. The second-order valence-corrected chi connectivity index (χ2v) is 6.08. The molecule has 1 aliphatic carbocycles. The van der Waals surface area contributed by atoms with Crippen LogP contribution >= 0.6 is 15.9 Å². The summed E-state index contributed by atoms with van der Waals surface area (Å²) in [5.41, 5.74) is 2.86. The van der Waals surface area contributed by atoms with Gasteiger partial charge >= 0.3 is 0 Å². The van der Waals surface area contributed by atoms with Crippen molar-refractivity contribution in [2.24, 2.45) is 0 Å². The van der Waals surface area contributed by atoms with Crippen molar-refractivity contribution in [1.82, 2.24) is 9.78 Å². The number of ketones is 1. The molecule has 1 atom stereocenters. The van der Waals surface area contributed by atoms with E-state index in [0.29, 0.717) is 23.2 Å². The standard InChI is InChI=1S/C15H13BrN2O2/c1-9-3-2-4-10(7-9)15(20)18-8-11-13(17-18)6-5-12(16)14(11)19/h2-4,7-8,12H,5-6H2,1H3. The van der Waals surface area contributed by atoms with Crippen molar-refractivity contribution in [2.75, 3.05) is 0 Å². The van der Waals surface area contributed by atoms with E-state index >= 15 is 0 Å². The molecule has 0 aliphatic heterocycles. The van der Waals surface area contributed by atoms with E-state index in [0.717, 1.165) is 12.0 Å². The molecule has 1 aromatic carbocycles. The molecule has 0 spiro atoms. The van der Waals surface area contributed by atoms with Crippen LogP contribution in [0.5, 0.6) is 0 Å². The van der Waals surface area contributed by atoms with Gasteiger partial charge in [-0.2, -0.15) is 5.10 Å². The predicted octanol–water partition coefficient (Wildman–Crippen LogP) is 2.77. The lowest BCUT2D eigenvalue weighted by atomic mass is 9.97. The van der Waals surface area contributed by atoms with Crippen molar-refractivity contribution < 1.29 is 9.59 Å². The van der Waals surface area contributed by atoms with Gasteiger partial charge in [0.05, 0.1) is 16.1 Å². The summed E-state index contributed by atoms with van der Waals surface area (Å²) >= 11 is 3.35. The number of benzene rings is 1. The first-order valence-electron chi connectivity index (χ1n) is 6.44. The van der Waals surface area contributed by atoms with E-state index in [-0.39, 0.29) is 16.5 Å². The Bertz CT molecular complexity index is 706. The lowest BCUT2D eigenvalue weighted by molar-refractivity contribution is 0.0944. The number of nitrogens with zero attached hydrogens (tertiary/aromatic N) is 2. The van der Waals surface area contributed by atoms with Crippen LogP contribution in [0.3, 0.4) is 0 Å². The van der Waals surface area contributed by atoms with Gasteiger partial charge in [-0.3, -0.25) is 9.59 Å². The molecule has 3 rings (SSSR count). The maximum atomic E-state index is 12.4. The maximum Gasteiger partial charge on any atom is 0.278 e. The first kappa shape index (κ1) is 13.2. The Labute approximate surface area is 124 Å². The zero-order chi connectivity index (χ0) is 14.3. The van der Waals surface area contributed by atoms with Gasteiger partial charge in [-0.05, 0) is 31.9 Å². The Balaban J connectivity index is 1.98. The summed E-state index contributed by atoms with van der Waals surface area (Å²) in [4.78, 5) is 24.2. The van der Waals surface area contributed by atoms with Gasteiger partial charge < -0.3 is 0 Å². The third-order valence-corrected chi connectivity index (χ3v) is 4.32. The van der Waals surface area contributed by atoms with Crippen LogP contribution in [-0.4, -0.2) is 26.3 Å². The van der Waals surface area contributed by atoms with Crippen LogP contribution in [0.25, 0.3) is 0 Å². The number of Topliss-reactive ketones (excluding diaryl/α,β-unsaturated/α-hetero) is 1. The molecular formula is C15H13BrN2O2. The maximum absolute atomic E-state index is 12.4. The number of fused-ring (bicyclic) bond motifs is 1. The van der Waals surface area contributed by atoms with Crippen LogP contribution < -0.4 is 0 Å². The lowest BCUT2D eigenvalue weighted by Gasteiger charge is -2.13. The molecule has 0 fully saturated rings. The van der Waals surface area contributed by atoms with Crippen molar-refractivity contribution in [3.63, 3.8) is 0 Å². The molecule has 20 heavy (non-hydrogen) atoms. The molecule has 1 aliphatic rings. The van der Waals surface area contributed by atoms with Crippen molar-refractivity contribution in [3.05, 3.63) is 52.8 Å². The topological polar surface area (TPSA) is 52.0 Å². The van der Waals surface area contributed by atoms with Crippen LogP contribution in [0.1, 0.15) is 38.4 Å². The molecule has 4 nitrogen and oxygen atoms in total. The number of hydrogen-bond acceptors (Lipinski definition) is 3. The van der Waals surface area contributed by atoms with E-state index in [9.17, 15) is 9.59 Å². The highest BCUT2D eigenvalue weighted by molar-refractivity contribution is 9.10. The normalized spacial score (nSPS) is 17.9. The highest BCUT2D eigenvalue weighted by Crippen LogP contribution is 2.25. The number of halogens is 1. The van der Waals surface area contributed by atoms with E-state index in [1.165, 1.54) is 4.68 Å². The first-order chi connectivity index (χ1) is 9.56. The van der Waals surface area contributed by atoms with Crippen molar-refractivity contribution in [1.29, 1.82) is 0 Å². The Morgan fingerprint density at radius 2 is 2.25 bits per heavy atom. The van der Waals surface area contributed by atoms with E-state index in [1.807, 2.05) is 25.1 Å². The van der Waals surface area contributed by atoms with Crippen LogP contribution in [-0.2, 0) is 6.42 Å². The summed E-state index contributed by atoms with van der Waals surface area (Å²) in [5.74, 6) is -0.198. The number of rotatable bonds is 1. The molecule has 2 aromatic rings. The van der Waals surface area contributed by atoms with Crippen LogP contribution in [0.4, 0.5) is 0 Å². The van der Waals surface area contributed by atoms with E-state index in [4.69, 9.17) is 0 Å². The van der Waals surface area contributed by atoms with Crippen LogP contribution in [0.15, 0.2) is 30.5 Å². The van der Waals surface area contributed by atoms with Gasteiger partial charge in [0.25, 0.3) is 5.91 Å². The average Bonchev–Trinajstić information content (AvgIpc) is 2.87. The molecule has 0 amide bonds. The average molecular weight is 333 g/mol. The minimum atomic E-state index is -0.206. The minimum Gasteiger partial charge on any atom is -0.293 e. The van der Waals surface area contributed by atoms with Gasteiger partial charge in [0, 0.05) is 11.8 Å². The second kappa shape index (κ2) is 4.98. The summed E-state index contributed by atoms with van der Waals surface area (Å²) in [5, 5.41) is 4.27. The van der Waals surface area contributed by atoms with Crippen molar-refractivity contribution >= 4 is 27.6 Å². The molecular weight excluding hydrogens is 320 g/mol. The Kier molecular flexibility index (Phi) is 3.30. The molecule has 0 radical (unpaired) electrons. The monoisotopic (exact) mass is 332 g/mol. The molecule has 1 aromatic heterocycles. The fourth-order valence-corrected chi connectivity index (χ4v) is 2.85. The molecule has 5 heteroatoms. The van der Waals surface area contributed by atoms with E-state index in [1.54, 1.807) is 12.3 Å². The Morgan fingerprint density at radius 1 is 1.45 bits per heavy atom. The molecule has 0 saturated heterocycles. The number of carbonyl (C=O) groups is 2. The zero-order valence-electron chi connectivity index (χ0n) is 11.0. The van der Waals surface area contributed by atoms with Crippen LogP contribution in [0.2, 0.25) is 0 Å². The number of aromatic nitrogens is 2. The summed E-state index contributed by atoms with van der Waals surface area (Å²) in [6.07, 6.45) is 2.99. The third kappa shape index (κ3) is 2.22. The largest absolute Gasteiger partial charge is 0.293 e. The zero-order valence-corrected chi connectivity index (χ0v) is 12.6. The summed E-state index contributed by atoms with van der Waals surface area (Å²) in [6, 6.07) is 7.35. The van der Waals surface area contributed by atoms with Crippen LogP contribution in [0, 0.1) is 6.92 Å². The smallest absolute Gasteiger partial charge is 0.278 e.